The average molecular weight is 222 g/mol. The van der Waals surface area contributed by atoms with Crippen molar-refractivity contribution < 1.29 is 0 Å². The summed E-state index contributed by atoms with van der Waals surface area (Å²) in [4.78, 5) is 0. The zero-order valence-electron chi connectivity index (χ0n) is 10.7. The van der Waals surface area contributed by atoms with E-state index in [4.69, 9.17) is 0 Å². The lowest BCUT2D eigenvalue weighted by Gasteiger charge is -2.05. The van der Waals surface area contributed by atoms with Crippen LogP contribution in [0.15, 0.2) is 48.5 Å². The molecule has 17 heavy (non-hydrogen) atoms. The van der Waals surface area contributed by atoms with Crippen molar-refractivity contribution in [3.63, 3.8) is 0 Å². The molecule has 0 heterocycles. The number of allylic oxidation sites excluding steroid dienone is 1. The van der Waals surface area contributed by atoms with E-state index in [1.807, 2.05) is 0 Å². The van der Waals surface area contributed by atoms with Gasteiger partial charge in [0.05, 0.1) is 0 Å². The van der Waals surface area contributed by atoms with Crippen LogP contribution in [0, 0.1) is 13.8 Å². The lowest BCUT2D eigenvalue weighted by molar-refractivity contribution is 1.43. The van der Waals surface area contributed by atoms with E-state index in [-0.39, 0.29) is 0 Å². The molecule has 0 N–H and O–H groups in total. The van der Waals surface area contributed by atoms with Gasteiger partial charge in [0.1, 0.15) is 0 Å². The van der Waals surface area contributed by atoms with Crippen LogP contribution in [0.4, 0.5) is 0 Å². The maximum atomic E-state index is 2.25. The molecular formula is C17H18. The molecule has 0 saturated heterocycles. The lowest BCUT2D eigenvalue weighted by Crippen LogP contribution is -1.83. The highest BCUT2D eigenvalue weighted by Crippen LogP contribution is 2.20. The fraction of sp³-hybridized carbons (Fsp3) is 0.176. The smallest absolute Gasteiger partial charge is 0.0225 e. The second-order valence-electron chi connectivity index (χ2n) is 4.55. The minimum atomic E-state index is 1.30. The van der Waals surface area contributed by atoms with Gasteiger partial charge in [0.15, 0.2) is 0 Å². The van der Waals surface area contributed by atoms with Crippen LogP contribution in [0.25, 0.3) is 11.6 Å². The van der Waals surface area contributed by atoms with E-state index in [1.54, 1.807) is 0 Å². The number of benzene rings is 2. The lowest BCUT2D eigenvalue weighted by atomic mass is 10.0. The van der Waals surface area contributed by atoms with Crippen LogP contribution >= 0.6 is 0 Å². The summed E-state index contributed by atoms with van der Waals surface area (Å²) in [5.41, 5.74) is 6.53. The standard InChI is InChI=1S/C17H18/c1-13-7-6-10-16(11-13)15(3)12-17-9-5-4-8-14(17)2/h4-12H,1-3H3/b15-12+. The van der Waals surface area contributed by atoms with Gasteiger partial charge in [-0.25, -0.2) is 0 Å². The van der Waals surface area contributed by atoms with Gasteiger partial charge in [-0.2, -0.15) is 0 Å². The molecule has 0 unspecified atom stereocenters. The van der Waals surface area contributed by atoms with Crippen LogP contribution in [0.2, 0.25) is 0 Å². The minimum Gasteiger partial charge on any atom is -0.0620 e. The molecule has 2 rings (SSSR count). The molecule has 0 spiro atoms. The third-order valence-corrected chi connectivity index (χ3v) is 3.03. The van der Waals surface area contributed by atoms with Crippen molar-refractivity contribution in [3.05, 3.63) is 70.8 Å². The molecule has 0 amide bonds. The Balaban J connectivity index is 2.38. The van der Waals surface area contributed by atoms with Crippen molar-refractivity contribution in [2.45, 2.75) is 20.8 Å². The summed E-state index contributed by atoms with van der Waals surface area (Å²) in [6.45, 7) is 6.45. The SMILES string of the molecule is C/C(=C\c1ccccc1C)c1cccc(C)c1. The predicted octanol–water partition coefficient (Wildman–Crippen LogP) is 4.86. The van der Waals surface area contributed by atoms with E-state index in [0.717, 1.165) is 0 Å². The predicted molar refractivity (Wildman–Crippen MR) is 75.9 cm³/mol. The quantitative estimate of drug-likeness (QED) is 0.636. The van der Waals surface area contributed by atoms with Gasteiger partial charge in [0.25, 0.3) is 0 Å². The second-order valence-corrected chi connectivity index (χ2v) is 4.55. The van der Waals surface area contributed by atoms with Crippen LogP contribution in [-0.2, 0) is 0 Å². The molecule has 0 atom stereocenters. The first kappa shape index (κ1) is 11.7. The summed E-state index contributed by atoms with van der Waals surface area (Å²) in [6, 6.07) is 17.1. The Bertz CT molecular complexity index is 547. The second kappa shape index (κ2) is 5.01. The van der Waals surface area contributed by atoms with E-state index in [2.05, 4.69) is 75.4 Å². The molecule has 0 saturated carbocycles. The summed E-state index contributed by atoms with van der Waals surface area (Å²) in [7, 11) is 0. The Hall–Kier alpha value is -1.82. The Kier molecular flexibility index (Phi) is 3.43. The van der Waals surface area contributed by atoms with Gasteiger partial charge in [0, 0.05) is 0 Å². The van der Waals surface area contributed by atoms with Crippen molar-refractivity contribution in [2.24, 2.45) is 0 Å². The molecule has 0 nitrogen and oxygen atoms in total. The first-order valence-electron chi connectivity index (χ1n) is 5.98. The molecule has 0 fully saturated rings. The Morgan fingerprint density at radius 2 is 1.71 bits per heavy atom. The molecule has 2 aromatic carbocycles. The van der Waals surface area contributed by atoms with Crippen molar-refractivity contribution in [1.82, 2.24) is 0 Å². The summed E-state index contributed by atoms with van der Waals surface area (Å²) in [6.07, 6.45) is 2.25. The van der Waals surface area contributed by atoms with Crippen molar-refractivity contribution in [1.29, 1.82) is 0 Å². The topological polar surface area (TPSA) is 0 Å². The zero-order chi connectivity index (χ0) is 12.3. The monoisotopic (exact) mass is 222 g/mol. The van der Waals surface area contributed by atoms with Crippen molar-refractivity contribution >= 4 is 11.6 Å². The van der Waals surface area contributed by atoms with Gasteiger partial charge >= 0.3 is 0 Å². The Labute approximate surface area is 104 Å². The summed E-state index contributed by atoms with van der Waals surface area (Å²) in [5.74, 6) is 0. The number of hydrogen-bond acceptors (Lipinski definition) is 0. The minimum absolute atomic E-state index is 1.30. The maximum Gasteiger partial charge on any atom is -0.0225 e. The Morgan fingerprint density at radius 1 is 0.941 bits per heavy atom. The van der Waals surface area contributed by atoms with Gasteiger partial charge in [-0.15, -0.1) is 0 Å². The van der Waals surface area contributed by atoms with Gasteiger partial charge in [0.2, 0.25) is 0 Å². The van der Waals surface area contributed by atoms with Gasteiger partial charge in [-0.05, 0) is 43.0 Å². The number of rotatable bonds is 2. The average Bonchev–Trinajstić information content (AvgIpc) is 2.32. The summed E-state index contributed by atoms with van der Waals surface area (Å²) < 4.78 is 0. The molecular weight excluding hydrogens is 204 g/mol. The number of hydrogen-bond donors (Lipinski definition) is 0. The summed E-state index contributed by atoms with van der Waals surface area (Å²) in [5, 5.41) is 0. The molecule has 0 heteroatoms. The van der Waals surface area contributed by atoms with E-state index in [9.17, 15) is 0 Å². The van der Waals surface area contributed by atoms with Crippen molar-refractivity contribution in [3.8, 4) is 0 Å². The molecule has 0 aliphatic rings. The van der Waals surface area contributed by atoms with Crippen LogP contribution < -0.4 is 0 Å². The Morgan fingerprint density at radius 3 is 2.41 bits per heavy atom. The van der Waals surface area contributed by atoms with Crippen molar-refractivity contribution in [2.75, 3.05) is 0 Å². The van der Waals surface area contributed by atoms with Crippen LogP contribution in [0.1, 0.15) is 29.2 Å². The van der Waals surface area contributed by atoms with E-state index >= 15 is 0 Å². The normalized spacial score (nSPS) is 11.6. The number of aryl methyl sites for hydroxylation is 2. The molecule has 0 bridgehead atoms. The van der Waals surface area contributed by atoms with Crippen LogP contribution in [-0.4, -0.2) is 0 Å². The first-order chi connectivity index (χ1) is 8.16. The molecule has 86 valence electrons. The highest BCUT2D eigenvalue weighted by atomic mass is 14.0. The summed E-state index contributed by atoms with van der Waals surface area (Å²) >= 11 is 0. The fourth-order valence-corrected chi connectivity index (χ4v) is 1.96. The molecule has 2 aromatic rings. The third-order valence-electron chi connectivity index (χ3n) is 3.03. The zero-order valence-corrected chi connectivity index (χ0v) is 10.7. The first-order valence-corrected chi connectivity index (χ1v) is 5.98. The molecule has 0 aliphatic carbocycles. The van der Waals surface area contributed by atoms with Gasteiger partial charge in [-0.3, -0.25) is 0 Å². The van der Waals surface area contributed by atoms with E-state index < -0.39 is 0 Å². The van der Waals surface area contributed by atoms with E-state index in [0.29, 0.717) is 0 Å². The highest BCUT2D eigenvalue weighted by Gasteiger charge is 1.98. The largest absolute Gasteiger partial charge is 0.0620 e. The van der Waals surface area contributed by atoms with E-state index in [1.165, 1.54) is 27.8 Å². The van der Waals surface area contributed by atoms with Gasteiger partial charge in [-0.1, -0.05) is 60.2 Å². The fourth-order valence-electron chi connectivity index (χ4n) is 1.96. The van der Waals surface area contributed by atoms with Crippen LogP contribution in [0.3, 0.4) is 0 Å². The molecule has 0 aliphatic heterocycles. The maximum absolute atomic E-state index is 2.25. The third kappa shape index (κ3) is 2.85. The highest BCUT2D eigenvalue weighted by molar-refractivity contribution is 5.81. The molecule has 0 aromatic heterocycles. The van der Waals surface area contributed by atoms with Gasteiger partial charge < -0.3 is 0 Å². The van der Waals surface area contributed by atoms with Crippen LogP contribution in [0.5, 0.6) is 0 Å². The molecule has 0 radical (unpaired) electrons.